The highest BCUT2D eigenvalue weighted by molar-refractivity contribution is 7.80. The van der Waals surface area contributed by atoms with Gasteiger partial charge in [-0.05, 0) is 50.0 Å². The number of rotatable bonds is 5. The minimum absolute atomic E-state index is 0.329. The van der Waals surface area contributed by atoms with Crippen molar-refractivity contribution in [3.05, 3.63) is 30.1 Å². The molecular formula is C17H26N4OS. The molecule has 126 valence electrons. The lowest BCUT2D eigenvalue weighted by atomic mass is 10.1. The molecule has 2 N–H and O–H groups in total. The summed E-state index contributed by atoms with van der Waals surface area (Å²) in [6.45, 7) is 4.83. The van der Waals surface area contributed by atoms with Crippen molar-refractivity contribution in [2.24, 2.45) is 0 Å². The van der Waals surface area contributed by atoms with Crippen LogP contribution in [0.5, 0.6) is 0 Å². The molecule has 0 saturated carbocycles. The number of likely N-dealkylation sites (tertiary alicyclic amines) is 1. The zero-order valence-electron chi connectivity index (χ0n) is 13.5. The van der Waals surface area contributed by atoms with Gasteiger partial charge in [0.25, 0.3) is 0 Å². The summed E-state index contributed by atoms with van der Waals surface area (Å²) in [6.07, 6.45) is 6.74. The highest BCUT2D eigenvalue weighted by Crippen LogP contribution is 2.13. The lowest BCUT2D eigenvalue weighted by Gasteiger charge is -2.32. The number of hydrogen-bond donors (Lipinski definition) is 2. The summed E-state index contributed by atoms with van der Waals surface area (Å²) in [6, 6.07) is 6.58. The van der Waals surface area contributed by atoms with Crippen LogP contribution in [-0.4, -0.2) is 53.4 Å². The first-order valence-corrected chi connectivity index (χ1v) is 8.98. The number of hydrogen-bond acceptors (Lipinski definition) is 4. The zero-order valence-corrected chi connectivity index (χ0v) is 14.4. The summed E-state index contributed by atoms with van der Waals surface area (Å²) >= 11 is 5.40. The van der Waals surface area contributed by atoms with Crippen molar-refractivity contribution in [3.8, 4) is 0 Å². The molecule has 2 saturated heterocycles. The Labute approximate surface area is 143 Å². The number of nitrogens with zero attached hydrogens (tertiary/aromatic N) is 2. The Hall–Kier alpha value is -1.24. The molecule has 3 rings (SSSR count). The van der Waals surface area contributed by atoms with Crippen molar-refractivity contribution in [1.29, 1.82) is 0 Å². The summed E-state index contributed by atoms with van der Waals surface area (Å²) in [7, 11) is 0. The average molecular weight is 334 g/mol. The van der Waals surface area contributed by atoms with Crippen molar-refractivity contribution in [2.75, 3.05) is 26.2 Å². The van der Waals surface area contributed by atoms with Crippen LogP contribution >= 0.6 is 12.2 Å². The first-order valence-electron chi connectivity index (χ1n) is 8.58. The monoisotopic (exact) mass is 334 g/mol. The van der Waals surface area contributed by atoms with Gasteiger partial charge in [0.2, 0.25) is 0 Å². The van der Waals surface area contributed by atoms with E-state index in [0.29, 0.717) is 12.1 Å². The molecule has 1 aromatic rings. The first kappa shape index (κ1) is 16.6. The van der Waals surface area contributed by atoms with Crippen LogP contribution in [0.3, 0.4) is 0 Å². The highest BCUT2D eigenvalue weighted by Gasteiger charge is 2.21. The molecule has 0 unspecified atom stereocenters. The summed E-state index contributed by atoms with van der Waals surface area (Å²) in [5.74, 6) is 0. The molecule has 0 amide bonds. The Morgan fingerprint density at radius 2 is 2.17 bits per heavy atom. The third-order valence-electron chi connectivity index (χ3n) is 4.55. The average Bonchev–Trinajstić information content (AvgIpc) is 3.09. The van der Waals surface area contributed by atoms with E-state index in [-0.39, 0.29) is 0 Å². The Morgan fingerprint density at radius 1 is 1.30 bits per heavy atom. The minimum Gasteiger partial charge on any atom is -0.376 e. The van der Waals surface area contributed by atoms with Crippen molar-refractivity contribution in [3.63, 3.8) is 0 Å². The van der Waals surface area contributed by atoms with Gasteiger partial charge in [-0.3, -0.25) is 9.88 Å². The number of thiocarbonyl (C=S) groups is 1. The Bertz CT molecular complexity index is 485. The van der Waals surface area contributed by atoms with Crippen LogP contribution < -0.4 is 10.6 Å². The SMILES string of the molecule is S=C(NC[C@@H]1CCCO1)NC1CCN(Cc2ccccn2)CC1. The van der Waals surface area contributed by atoms with E-state index in [1.54, 1.807) is 0 Å². The standard InChI is InChI=1S/C17H26N4OS/c23-17(19-12-16-5-3-11-22-16)20-14-6-9-21(10-7-14)13-15-4-1-2-8-18-15/h1-2,4,8,14,16H,3,5-7,9-13H2,(H2,19,20,23)/t16-/m0/s1. The second kappa shape index (κ2) is 8.57. The smallest absolute Gasteiger partial charge is 0.166 e. The van der Waals surface area contributed by atoms with Crippen LogP contribution in [0.4, 0.5) is 0 Å². The van der Waals surface area contributed by atoms with Gasteiger partial charge in [0, 0.05) is 45.0 Å². The molecule has 0 bridgehead atoms. The molecule has 2 aliphatic rings. The molecule has 1 atom stereocenters. The molecule has 5 nitrogen and oxygen atoms in total. The van der Waals surface area contributed by atoms with Crippen LogP contribution in [0.15, 0.2) is 24.4 Å². The lowest BCUT2D eigenvalue weighted by Crippen LogP contribution is -2.48. The molecule has 1 aromatic heterocycles. The largest absolute Gasteiger partial charge is 0.376 e. The summed E-state index contributed by atoms with van der Waals surface area (Å²) in [5, 5.41) is 7.51. The first-order chi connectivity index (χ1) is 11.3. The van der Waals surface area contributed by atoms with E-state index < -0.39 is 0 Å². The number of pyridine rings is 1. The maximum Gasteiger partial charge on any atom is 0.166 e. The lowest BCUT2D eigenvalue weighted by molar-refractivity contribution is 0.114. The van der Waals surface area contributed by atoms with E-state index in [4.69, 9.17) is 17.0 Å². The van der Waals surface area contributed by atoms with Gasteiger partial charge in [0.15, 0.2) is 5.11 Å². The fourth-order valence-electron chi connectivity index (χ4n) is 3.20. The molecule has 2 fully saturated rings. The number of ether oxygens (including phenoxy) is 1. The molecule has 3 heterocycles. The van der Waals surface area contributed by atoms with Gasteiger partial charge in [0.1, 0.15) is 0 Å². The van der Waals surface area contributed by atoms with Crippen molar-refractivity contribution in [1.82, 2.24) is 20.5 Å². The van der Waals surface area contributed by atoms with E-state index in [2.05, 4.69) is 32.7 Å². The van der Waals surface area contributed by atoms with Crippen molar-refractivity contribution in [2.45, 2.75) is 44.4 Å². The van der Waals surface area contributed by atoms with Gasteiger partial charge in [-0.15, -0.1) is 0 Å². The van der Waals surface area contributed by atoms with Gasteiger partial charge in [-0.25, -0.2) is 0 Å². The molecule has 0 radical (unpaired) electrons. The third kappa shape index (κ3) is 5.41. The van der Waals surface area contributed by atoms with Crippen LogP contribution in [0.25, 0.3) is 0 Å². The van der Waals surface area contributed by atoms with E-state index in [1.165, 1.54) is 6.42 Å². The number of piperidine rings is 1. The quantitative estimate of drug-likeness (QED) is 0.799. The van der Waals surface area contributed by atoms with E-state index in [0.717, 1.165) is 62.9 Å². The predicted molar refractivity (Wildman–Crippen MR) is 95.2 cm³/mol. The van der Waals surface area contributed by atoms with Crippen molar-refractivity contribution < 1.29 is 4.74 Å². The molecule has 23 heavy (non-hydrogen) atoms. The van der Waals surface area contributed by atoms with E-state index >= 15 is 0 Å². The van der Waals surface area contributed by atoms with Gasteiger partial charge in [0.05, 0.1) is 11.8 Å². The topological polar surface area (TPSA) is 49.4 Å². The van der Waals surface area contributed by atoms with Crippen LogP contribution in [0.1, 0.15) is 31.4 Å². The van der Waals surface area contributed by atoms with Crippen molar-refractivity contribution >= 4 is 17.3 Å². The van der Waals surface area contributed by atoms with Crippen LogP contribution in [0.2, 0.25) is 0 Å². The van der Waals surface area contributed by atoms with Gasteiger partial charge in [-0.2, -0.15) is 0 Å². The van der Waals surface area contributed by atoms with E-state index in [9.17, 15) is 0 Å². The number of nitrogens with one attached hydrogen (secondary N) is 2. The van der Waals surface area contributed by atoms with E-state index in [1.807, 2.05) is 12.3 Å². The number of aromatic nitrogens is 1. The molecule has 0 aliphatic carbocycles. The normalized spacial score (nSPS) is 22.9. The Kier molecular flexibility index (Phi) is 6.19. The zero-order chi connectivity index (χ0) is 15.9. The maximum atomic E-state index is 5.60. The summed E-state index contributed by atoms with van der Waals surface area (Å²) < 4.78 is 5.60. The van der Waals surface area contributed by atoms with Crippen LogP contribution in [0, 0.1) is 0 Å². The maximum absolute atomic E-state index is 5.60. The fourth-order valence-corrected chi connectivity index (χ4v) is 3.45. The predicted octanol–water partition coefficient (Wildman–Crippen LogP) is 1.69. The fraction of sp³-hybridized carbons (Fsp3) is 0.647. The third-order valence-corrected chi connectivity index (χ3v) is 4.81. The summed E-state index contributed by atoms with van der Waals surface area (Å²) in [5.41, 5.74) is 1.15. The second-order valence-electron chi connectivity index (χ2n) is 6.36. The highest BCUT2D eigenvalue weighted by atomic mass is 32.1. The molecule has 0 spiro atoms. The van der Waals surface area contributed by atoms with Crippen LogP contribution in [-0.2, 0) is 11.3 Å². The Morgan fingerprint density at radius 3 is 2.87 bits per heavy atom. The molecule has 6 heteroatoms. The molecule has 2 aliphatic heterocycles. The van der Waals surface area contributed by atoms with Gasteiger partial charge < -0.3 is 15.4 Å². The molecule has 0 aromatic carbocycles. The Balaban J connectivity index is 1.33. The van der Waals surface area contributed by atoms with Gasteiger partial charge >= 0.3 is 0 Å². The molecular weight excluding hydrogens is 308 g/mol. The minimum atomic E-state index is 0.329. The summed E-state index contributed by atoms with van der Waals surface area (Å²) in [4.78, 5) is 6.86. The second-order valence-corrected chi connectivity index (χ2v) is 6.77. The van der Waals surface area contributed by atoms with Gasteiger partial charge in [-0.1, -0.05) is 6.07 Å².